The monoisotopic (exact) mass is 319 g/mol. The van der Waals surface area contributed by atoms with E-state index in [1.807, 2.05) is 6.92 Å². The Hall–Kier alpha value is -2.44. The van der Waals surface area contributed by atoms with Crippen molar-refractivity contribution in [2.24, 2.45) is 4.99 Å². The van der Waals surface area contributed by atoms with E-state index in [9.17, 15) is 4.39 Å². The fourth-order valence-corrected chi connectivity index (χ4v) is 2.02. The molecule has 0 atom stereocenters. The molecule has 1 aromatic carbocycles. The van der Waals surface area contributed by atoms with Gasteiger partial charge in [-0.1, -0.05) is 17.3 Å². The quantitative estimate of drug-likeness (QED) is 0.602. The van der Waals surface area contributed by atoms with Gasteiger partial charge in [0, 0.05) is 19.5 Å². The Labute approximate surface area is 135 Å². The molecule has 1 aromatic heterocycles. The summed E-state index contributed by atoms with van der Waals surface area (Å²) in [6, 6.07) is 6.53. The van der Waals surface area contributed by atoms with Crippen LogP contribution in [-0.2, 0) is 12.8 Å². The van der Waals surface area contributed by atoms with Crippen LogP contribution in [0.5, 0.6) is 0 Å². The number of nitrogens with zero attached hydrogens (tertiary/aromatic N) is 3. The van der Waals surface area contributed by atoms with Crippen LogP contribution in [0, 0.1) is 12.7 Å². The van der Waals surface area contributed by atoms with Crippen molar-refractivity contribution in [1.29, 1.82) is 0 Å². The normalized spacial score (nSPS) is 11.5. The summed E-state index contributed by atoms with van der Waals surface area (Å²) in [6.07, 6.45) is 1.41. The van der Waals surface area contributed by atoms with Gasteiger partial charge in [0.15, 0.2) is 11.8 Å². The van der Waals surface area contributed by atoms with Crippen molar-refractivity contribution in [3.05, 3.63) is 47.4 Å². The molecule has 1 heterocycles. The number of rotatable bonds is 7. The zero-order chi connectivity index (χ0) is 16.5. The number of halogens is 1. The molecule has 0 saturated carbocycles. The topological polar surface area (TPSA) is 75.3 Å². The van der Waals surface area contributed by atoms with Crippen LogP contribution in [-0.4, -0.2) is 35.7 Å². The van der Waals surface area contributed by atoms with Crippen molar-refractivity contribution in [2.45, 2.75) is 26.7 Å². The summed E-state index contributed by atoms with van der Waals surface area (Å²) < 4.78 is 17.9. The van der Waals surface area contributed by atoms with Crippen molar-refractivity contribution in [2.75, 3.05) is 19.6 Å². The number of aromatic nitrogens is 2. The largest absolute Gasteiger partial charge is 0.357 e. The summed E-state index contributed by atoms with van der Waals surface area (Å²) in [7, 11) is 0. The molecule has 124 valence electrons. The second-order valence-corrected chi connectivity index (χ2v) is 5.05. The number of guanidine groups is 1. The third-order valence-corrected chi connectivity index (χ3v) is 3.13. The lowest BCUT2D eigenvalue weighted by molar-refractivity contribution is 0.376. The molecule has 0 spiro atoms. The molecular weight excluding hydrogens is 297 g/mol. The summed E-state index contributed by atoms with van der Waals surface area (Å²) in [5.41, 5.74) is 1.08. The molecule has 0 unspecified atom stereocenters. The molecule has 2 aromatic rings. The summed E-state index contributed by atoms with van der Waals surface area (Å²) >= 11 is 0. The van der Waals surface area contributed by atoms with Gasteiger partial charge in [-0.25, -0.2) is 4.39 Å². The van der Waals surface area contributed by atoms with Gasteiger partial charge in [0.25, 0.3) is 0 Å². The predicted molar refractivity (Wildman–Crippen MR) is 86.8 cm³/mol. The first-order valence-electron chi connectivity index (χ1n) is 7.73. The standard InChI is InChI=1S/C16H22FN5O/c1-3-18-16(20-11-9-15-21-12(2)22-23-15)19-10-8-13-4-6-14(17)7-5-13/h4-7H,3,8-11H2,1-2H3,(H2,18,19,20). The molecule has 0 saturated heterocycles. The minimum atomic E-state index is -0.215. The highest BCUT2D eigenvalue weighted by atomic mass is 19.1. The number of aryl methyl sites for hydroxylation is 1. The van der Waals surface area contributed by atoms with Gasteiger partial charge in [-0.15, -0.1) is 0 Å². The van der Waals surface area contributed by atoms with Gasteiger partial charge < -0.3 is 15.2 Å². The Morgan fingerprint density at radius 1 is 1.22 bits per heavy atom. The van der Waals surface area contributed by atoms with Crippen LogP contribution in [0.3, 0.4) is 0 Å². The van der Waals surface area contributed by atoms with E-state index >= 15 is 0 Å². The molecule has 0 aliphatic carbocycles. The first-order valence-corrected chi connectivity index (χ1v) is 7.73. The van der Waals surface area contributed by atoms with Crippen LogP contribution in [0.1, 0.15) is 24.2 Å². The fraction of sp³-hybridized carbons (Fsp3) is 0.438. The lowest BCUT2D eigenvalue weighted by Gasteiger charge is -2.11. The molecule has 0 bridgehead atoms. The van der Waals surface area contributed by atoms with Crippen LogP contribution < -0.4 is 10.6 Å². The maximum Gasteiger partial charge on any atom is 0.228 e. The van der Waals surface area contributed by atoms with Gasteiger partial charge in [0.1, 0.15) is 5.82 Å². The number of hydrogen-bond donors (Lipinski definition) is 2. The van der Waals surface area contributed by atoms with Crippen molar-refractivity contribution < 1.29 is 8.91 Å². The number of benzene rings is 1. The average molecular weight is 319 g/mol. The molecule has 7 heteroatoms. The minimum Gasteiger partial charge on any atom is -0.357 e. The molecule has 0 radical (unpaired) electrons. The number of hydrogen-bond acceptors (Lipinski definition) is 4. The average Bonchev–Trinajstić information content (AvgIpc) is 2.95. The van der Waals surface area contributed by atoms with E-state index in [0.29, 0.717) is 24.7 Å². The number of nitrogens with one attached hydrogen (secondary N) is 2. The molecule has 0 aliphatic rings. The van der Waals surface area contributed by atoms with E-state index in [1.165, 1.54) is 12.1 Å². The molecule has 6 nitrogen and oxygen atoms in total. The highest BCUT2D eigenvalue weighted by Gasteiger charge is 2.02. The van der Waals surface area contributed by atoms with Crippen LogP contribution in [0.15, 0.2) is 33.8 Å². The molecule has 2 rings (SSSR count). The zero-order valence-corrected chi connectivity index (χ0v) is 13.5. The summed E-state index contributed by atoms with van der Waals surface area (Å²) in [4.78, 5) is 8.61. The van der Waals surface area contributed by atoms with E-state index in [2.05, 4.69) is 25.8 Å². The first-order chi connectivity index (χ1) is 11.2. The lowest BCUT2D eigenvalue weighted by Crippen LogP contribution is -2.38. The smallest absolute Gasteiger partial charge is 0.228 e. The lowest BCUT2D eigenvalue weighted by atomic mass is 10.1. The van der Waals surface area contributed by atoms with Crippen molar-refractivity contribution >= 4 is 5.96 Å². The van der Waals surface area contributed by atoms with Crippen LogP contribution in [0.2, 0.25) is 0 Å². The Morgan fingerprint density at radius 2 is 2.00 bits per heavy atom. The van der Waals surface area contributed by atoms with E-state index in [0.717, 1.165) is 31.0 Å². The Bertz CT molecular complexity index is 624. The predicted octanol–water partition coefficient (Wildman–Crippen LogP) is 1.86. The fourth-order valence-electron chi connectivity index (χ4n) is 2.02. The third-order valence-electron chi connectivity index (χ3n) is 3.13. The van der Waals surface area contributed by atoms with E-state index in [-0.39, 0.29) is 5.82 Å². The Balaban J connectivity index is 1.77. The molecular formula is C16H22FN5O. The third kappa shape index (κ3) is 6.06. The molecule has 0 amide bonds. The Kier molecular flexibility index (Phi) is 6.53. The molecule has 2 N–H and O–H groups in total. The van der Waals surface area contributed by atoms with Crippen LogP contribution >= 0.6 is 0 Å². The van der Waals surface area contributed by atoms with E-state index in [1.54, 1.807) is 19.1 Å². The second kappa shape index (κ2) is 8.87. The van der Waals surface area contributed by atoms with Gasteiger partial charge >= 0.3 is 0 Å². The second-order valence-electron chi connectivity index (χ2n) is 5.05. The highest BCUT2D eigenvalue weighted by Crippen LogP contribution is 2.02. The first kappa shape index (κ1) is 16.9. The maximum absolute atomic E-state index is 12.9. The van der Waals surface area contributed by atoms with Crippen LogP contribution in [0.25, 0.3) is 0 Å². The summed E-state index contributed by atoms with van der Waals surface area (Å²) in [6.45, 7) is 5.86. The summed E-state index contributed by atoms with van der Waals surface area (Å²) in [5, 5.41) is 10.2. The summed E-state index contributed by atoms with van der Waals surface area (Å²) in [5.74, 6) is 1.75. The molecule has 0 aliphatic heterocycles. The Morgan fingerprint density at radius 3 is 2.65 bits per heavy atom. The highest BCUT2D eigenvalue weighted by molar-refractivity contribution is 5.79. The molecule has 23 heavy (non-hydrogen) atoms. The SMILES string of the molecule is CCNC(=NCCc1nc(C)no1)NCCc1ccc(F)cc1. The van der Waals surface area contributed by atoms with Gasteiger partial charge in [-0.2, -0.15) is 4.98 Å². The number of aliphatic imine (C=N–C) groups is 1. The van der Waals surface area contributed by atoms with Gasteiger partial charge in [0.05, 0.1) is 6.54 Å². The van der Waals surface area contributed by atoms with Crippen molar-refractivity contribution in [1.82, 2.24) is 20.8 Å². The van der Waals surface area contributed by atoms with Crippen molar-refractivity contribution in [3.8, 4) is 0 Å². The van der Waals surface area contributed by atoms with Gasteiger partial charge in [-0.3, -0.25) is 4.99 Å². The van der Waals surface area contributed by atoms with Crippen molar-refractivity contribution in [3.63, 3.8) is 0 Å². The van der Waals surface area contributed by atoms with E-state index < -0.39 is 0 Å². The van der Waals surface area contributed by atoms with Gasteiger partial charge in [-0.05, 0) is 38.0 Å². The maximum atomic E-state index is 12.9. The van der Waals surface area contributed by atoms with Gasteiger partial charge in [0.2, 0.25) is 5.89 Å². The van der Waals surface area contributed by atoms with Crippen LogP contribution in [0.4, 0.5) is 4.39 Å². The van der Waals surface area contributed by atoms with E-state index in [4.69, 9.17) is 4.52 Å². The molecule has 0 fully saturated rings. The zero-order valence-electron chi connectivity index (χ0n) is 13.5. The minimum absolute atomic E-state index is 0.215.